The van der Waals surface area contributed by atoms with Gasteiger partial charge in [-0.3, -0.25) is 9.78 Å². The molecule has 33 heavy (non-hydrogen) atoms. The number of β-amino-alcohol motifs (C(OH)–C–C–N with tert-alkyl or cyclic N) is 1. The number of rotatable bonds is 5. The fourth-order valence-electron chi connectivity index (χ4n) is 3.68. The second kappa shape index (κ2) is 9.07. The molecule has 1 aliphatic heterocycles. The van der Waals surface area contributed by atoms with Crippen molar-refractivity contribution in [3.8, 4) is 16.9 Å². The van der Waals surface area contributed by atoms with Crippen molar-refractivity contribution >= 4 is 17.4 Å². The molecule has 0 saturated carbocycles. The summed E-state index contributed by atoms with van der Waals surface area (Å²) >= 11 is 0. The summed E-state index contributed by atoms with van der Waals surface area (Å²) in [5.74, 6) is -0.204. The van der Waals surface area contributed by atoms with Crippen LogP contribution in [0.1, 0.15) is 22.5 Å². The minimum Gasteiger partial charge on any atom is -0.406 e. The molecule has 1 aromatic carbocycles. The van der Waals surface area contributed by atoms with Gasteiger partial charge in [0.05, 0.1) is 11.7 Å². The van der Waals surface area contributed by atoms with Crippen molar-refractivity contribution in [1.82, 2.24) is 9.97 Å². The van der Waals surface area contributed by atoms with E-state index in [9.17, 15) is 23.1 Å². The van der Waals surface area contributed by atoms with E-state index in [0.717, 1.165) is 23.4 Å². The highest BCUT2D eigenvalue weighted by molar-refractivity contribution is 6.05. The highest BCUT2D eigenvalue weighted by atomic mass is 19.4. The lowest BCUT2D eigenvalue weighted by atomic mass is 10.0. The number of nitrogens with one attached hydrogen (secondary N) is 1. The zero-order valence-electron chi connectivity index (χ0n) is 17.6. The maximum atomic E-state index is 12.8. The number of halogens is 3. The van der Waals surface area contributed by atoms with Crippen LogP contribution < -0.4 is 15.0 Å². The summed E-state index contributed by atoms with van der Waals surface area (Å²) in [6.07, 6.45) is -1.49. The molecule has 1 amide bonds. The fraction of sp³-hybridized carbons (Fsp3) is 0.261. The van der Waals surface area contributed by atoms with Crippen molar-refractivity contribution in [2.24, 2.45) is 0 Å². The SMILES string of the molecule is Cc1ncccc1-c1cc(C(=O)Nc2ccc(OC(F)(F)F)cc2)cnc1N1CC[C@@H](O)C1. The fourth-order valence-corrected chi connectivity index (χ4v) is 3.68. The van der Waals surface area contributed by atoms with E-state index in [-0.39, 0.29) is 11.3 Å². The molecule has 0 unspecified atom stereocenters. The Kier molecular flexibility index (Phi) is 6.19. The molecule has 4 rings (SSSR count). The number of aryl methyl sites for hydroxylation is 1. The Morgan fingerprint density at radius 3 is 2.58 bits per heavy atom. The third kappa shape index (κ3) is 5.40. The van der Waals surface area contributed by atoms with Crippen LogP contribution >= 0.6 is 0 Å². The largest absolute Gasteiger partial charge is 0.573 e. The van der Waals surface area contributed by atoms with Gasteiger partial charge < -0.3 is 20.1 Å². The lowest BCUT2D eigenvalue weighted by molar-refractivity contribution is -0.274. The van der Waals surface area contributed by atoms with Crippen LogP contribution in [0.3, 0.4) is 0 Å². The quantitative estimate of drug-likeness (QED) is 0.597. The van der Waals surface area contributed by atoms with Crippen molar-refractivity contribution in [3.63, 3.8) is 0 Å². The zero-order valence-corrected chi connectivity index (χ0v) is 17.6. The van der Waals surface area contributed by atoms with Gasteiger partial charge in [-0.1, -0.05) is 6.07 Å². The summed E-state index contributed by atoms with van der Waals surface area (Å²) in [5, 5.41) is 12.6. The number of aliphatic hydroxyl groups excluding tert-OH is 1. The van der Waals surface area contributed by atoms with Crippen molar-refractivity contribution in [3.05, 3.63) is 66.1 Å². The zero-order chi connectivity index (χ0) is 23.6. The number of hydrogen-bond donors (Lipinski definition) is 2. The van der Waals surface area contributed by atoms with Crippen LogP contribution in [0.5, 0.6) is 5.75 Å². The smallest absolute Gasteiger partial charge is 0.406 e. The summed E-state index contributed by atoms with van der Waals surface area (Å²) in [6, 6.07) is 10.3. The van der Waals surface area contributed by atoms with Crippen molar-refractivity contribution in [1.29, 1.82) is 0 Å². The predicted molar refractivity (Wildman–Crippen MR) is 116 cm³/mol. The lowest BCUT2D eigenvalue weighted by Gasteiger charge is -2.21. The number of carbonyl (C=O) groups is 1. The molecule has 0 aliphatic carbocycles. The highest BCUT2D eigenvalue weighted by Crippen LogP contribution is 2.33. The number of nitrogens with zero attached hydrogens (tertiary/aromatic N) is 3. The molecular weight excluding hydrogens is 437 g/mol. The van der Waals surface area contributed by atoms with E-state index in [0.29, 0.717) is 36.6 Å². The number of ether oxygens (including phenoxy) is 1. The molecule has 1 fully saturated rings. The average Bonchev–Trinajstić information content (AvgIpc) is 3.20. The molecule has 0 bridgehead atoms. The Bertz CT molecular complexity index is 1150. The van der Waals surface area contributed by atoms with Gasteiger partial charge in [0.25, 0.3) is 5.91 Å². The topological polar surface area (TPSA) is 87.6 Å². The Balaban J connectivity index is 1.61. The van der Waals surface area contributed by atoms with Gasteiger partial charge in [-0.25, -0.2) is 4.98 Å². The number of aliphatic hydroxyl groups is 1. The van der Waals surface area contributed by atoms with E-state index in [2.05, 4.69) is 20.0 Å². The third-order valence-electron chi connectivity index (χ3n) is 5.23. The number of alkyl halides is 3. The van der Waals surface area contributed by atoms with Gasteiger partial charge in [-0.15, -0.1) is 13.2 Å². The number of pyridine rings is 2. The second-order valence-electron chi connectivity index (χ2n) is 7.65. The molecule has 0 spiro atoms. The van der Waals surface area contributed by atoms with Gasteiger partial charge in [0.1, 0.15) is 11.6 Å². The molecule has 3 heterocycles. The summed E-state index contributed by atoms with van der Waals surface area (Å²) in [4.78, 5) is 23.7. The van der Waals surface area contributed by atoms with Crippen LogP contribution in [0.15, 0.2) is 54.9 Å². The molecule has 2 N–H and O–H groups in total. The van der Waals surface area contributed by atoms with Gasteiger partial charge in [-0.05, 0) is 49.7 Å². The molecule has 10 heteroatoms. The monoisotopic (exact) mass is 458 g/mol. The number of aromatic nitrogens is 2. The minimum absolute atomic E-state index is 0.271. The van der Waals surface area contributed by atoms with Crippen LogP contribution in [-0.2, 0) is 0 Å². The van der Waals surface area contributed by atoms with E-state index < -0.39 is 18.4 Å². The number of carbonyl (C=O) groups excluding carboxylic acids is 1. The molecule has 7 nitrogen and oxygen atoms in total. The Morgan fingerprint density at radius 1 is 1.18 bits per heavy atom. The van der Waals surface area contributed by atoms with Gasteiger partial charge in [0, 0.05) is 48.0 Å². The lowest BCUT2D eigenvalue weighted by Crippen LogP contribution is -2.23. The Labute approximate surface area is 187 Å². The first-order valence-electron chi connectivity index (χ1n) is 10.2. The number of anilines is 2. The summed E-state index contributed by atoms with van der Waals surface area (Å²) in [7, 11) is 0. The van der Waals surface area contributed by atoms with E-state index in [1.165, 1.54) is 18.3 Å². The average molecular weight is 458 g/mol. The normalized spacial score (nSPS) is 16.0. The Hall–Kier alpha value is -3.66. The molecular formula is C23H21F3N4O3. The van der Waals surface area contributed by atoms with Crippen molar-refractivity contribution in [2.75, 3.05) is 23.3 Å². The molecule has 3 aromatic rings. The van der Waals surface area contributed by atoms with Gasteiger partial charge >= 0.3 is 6.36 Å². The minimum atomic E-state index is -4.79. The second-order valence-corrected chi connectivity index (χ2v) is 7.65. The van der Waals surface area contributed by atoms with E-state index in [1.807, 2.05) is 17.9 Å². The van der Waals surface area contributed by atoms with Gasteiger partial charge in [0.15, 0.2) is 0 Å². The number of amides is 1. The first-order chi connectivity index (χ1) is 15.7. The number of hydrogen-bond acceptors (Lipinski definition) is 6. The van der Waals surface area contributed by atoms with Gasteiger partial charge in [-0.2, -0.15) is 0 Å². The van der Waals surface area contributed by atoms with E-state index in [4.69, 9.17) is 0 Å². The molecule has 1 aliphatic rings. The summed E-state index contributed by atoms with van der Waals surface area (Å²) < 4.78 is 40.8. The molecule has 1 saturated heterocycles. The predicted octanol–water partition coefficient (Wildman–Crippen LogP) is 4.17. The molecule has 172 valence electrons. The van der Waals surface area contributed by atoms with Crippen molar-refractivity contribution < 1.29 is 27.8 Å². The van der Waals surface area contributed by atoms with Crippen molar-refractivity contribution in [2.45, 2.75) is 25.8 Å². The van der Waals surface area contributed by atoms with Crippen LogP contribution in [0.2, 0.25) is 0 Å². The number of benzene rings is 1. The van der Waals surface area contributed by atoms with Crippen LogP contribution in [0.4, 0.5) is 24.7 Å². The maximum absolute atomic E-state index is 12.8. The van der Waals surface area contributed by atoms with E-state index in [1.54, 1.807) is 18.3 Å². The molecule has 2 aromatic heterocycles. The van der Waals surface area contributed by atoms with Crippen LogP contribution in [0, 0.1) is 6.92 Å². The molecule has 0 radical (unpaired) electrons. The van der Waals surface area contributed by atoms with E-state index >= 15 is 0 Å². The summed E-state index contributed by atoms with van der Waals surface area (Å²) in [5.41, 5.74) is 2.85. The first kappa shape index (κ1) is 22.5. The highest BCUT2D eigenvalue weighted by Gasteiger charge is 2.31. The van der Waals surface area contributed by atoms with Crippen LogP contribution in [-0.4, -0.2) is 46.5 Å². The third-order valence-corrected chi connectivity index (χ3v) is 5.23. The Morgan fingerprint density at radius 2 is 1.94 bits per heavy atom. The maximum Gasteiger partial charge on any atom is 0.573 e. The van der Waals surface area contributed by atoms with Gasteiger partial charge in [0.2, 0.25) is 0 Å². The molecule has 1 atom stereocenters. The first-order valence-corrected chi connectivity index (χ1v) is 10.2. The standard InChI is InChI=1S/C23H21F3N4O3/c1-14-19(3-2-9-27-14)20-11-15(12-28-21(20)30-10-8-17(31)13-30)22(32)29-16-4-6-18(7-5-16)33-23(24,25)26/h2-7,9,11-12,17,31H,8,10,13H2,1H3,(H,29,32)/t17-/m1/s1. The van der Waals surface area contributed by atoms with Crippen LogP contribution in [0.25, 0.3) is 11.1 Å². The summed E-state index contributed by atoms with van der Waals surface area (Å²) in [6.45, 7) is 2.94.